The topological polar surface area (TPSA) is 63.6 Å². The molecular weight excluding hydrogens is 208 g/mol. The van der Waals surface area contributed by atoms with Crippen molar-refractivity contribution in [2.75, 3.05) is 0 Å². The number of carboxylic acid groups (broad SMARTS) is 1. The summed E-state index contributed by atoms with van der Waals surface area (Å²) in [6, 6.07) is 7.35. The first kappa shape index (κ1) is 10.7. The third kappa shape index (κ3) is 1.78. The molecule has 2 atom stereocenters. The number of esters is 1. The molecule has 16 heavy (non-hydrogen) atoms. The van der Waals surface area contributed by atoms with Gasteiger partial charge in [0.15, 0.2) is 0 Å². The van der Waals surface area contributed by atoms with Crippen molar-refractivity contribution in [1.29, 1.82) is 0 Å². The number of carboxylic acids is 1. The van der Waals surface area contributed by atoms with E-state index in [0.29, 0.717) is 0 Å². The van der Waals surface area contributed by atoms with Gasteiger partial charge in [0.25, 0.3) is 0 Å². The number of carbonyl (C=O) groups excluding carboxylic acids is 1. The molecule has 0 bridgehead atoms. The Bertz CT molecular complexity index is 438. The van der Waals surface area contributed by atoms with E-state index < -0.39 is 24.0 Å². The molecule has 1 aromatic carbocycles. The van der Waals surface area contributed by atoms with Crippen LogP contribution < -0.4 is 0 Å². The molecule has 1 aliphatic heterocycles. The molecule has 1 aromatic rings. The zero-order valence-corrected chi connectivity index (χ0v) is 8.84. The summed E-state index contributed by atoms with van der Waals surface area (Å²) in [5.74, 6) is -2.20. The number of ether oxygens (including phenoxy) is 1. The Kier molecular flexibility index (Phi) is 2.64. The summed E-state index contributed by atoms with van der Waals surface area (Å²) in [4.78, 5) is 22.2. The fourth-order valence-electron chi connectivity index (χ4n) is 1.96. The molecule has 0 aliphatic carbocycles. The average molecular weight is 220 g/mol. The molecule has 2 rings (SSSR count). The molecule has 0 spiro atoms. The fraction of sp³-hybridized carbons (Fsp3) is 0.333. The monoisotopic (exact) mass is 220 g/mol. The molecule has 84 valence electrons. The SMILES string of the molecule is Cc1ccccc1C1OC(=O)CC1C(=O)O. The summed E-state index contributed by atoms with van der Waals surface area (Å²) in [5.41, 5.74) is 1.72. The van der Waals surface area contributed by atoms with E-state index >= 15 is 0 Å². The van der Waals surface area contributed by atoms with E-state index in [1.54, 1.807) is 6.07 Å². The predicted molar refractivity (Wildman–Crippen MR) is 55.8 cm³/mol. The lowest BCUT2D eigenvalue weighted by Crippen LogP contribution is -2.18. The second kappa shape index (κ2) is 3.96. The van der Waals surface area contributed by atoms with E-state index in [9.17, 15) is 9.59 Å². The number of rotatable bonds is 2. The minimum Gasteiger partial charge on any atom is -0.481 e. The minimum absolute atomic E-state index is 0.0473. The molecule has 2 unspecified atom stereocenters. The van der Waals surface area contributed by atoms with E-state index in [-0.39, 0.29) is 6.42 Å². The van der Waals surface area contributed by atoms with Crippen molar-refractivity contribution in [1.82, 2.24) is 0 Å². The summed E-state index contributed by atoms with van der Waals surface area (Å²) in [6.45, 7) is 1.88. The summed E-state index contributed by atoms with van der Waals surface area (Å²) >= 11 is 0. The van der Waals surface area contributed by atoms with Crippen molar-refractivity contribution in [2.24, 2.45) is 5.92 Å². The van der Waals surface area contributed by atoms with Crippen molar-refractivity contribution in [3.8, 4) is 0 Å². The van der Waals surface area contributed by atoms with Crippen molar-refractivity contribution in [2.45, 2.75) is 19.4 Å². The zero-order chi connectivity index (χ0) is 11.7. The first-order chi connectivity index (χ1) is 7.59. The summed E-state index contributed by atoms with van der Waals surface area (Å²) in [6.07, 6.45) is -0.694. The first-order valence-corrected chi connectivity index (χ1v) is 5.07. The molecule has 1 heterocycles. The molecule has 4 heteroatoms. The molecule has 0 saturated carbocycles. The van der Waals surface area contributed by atoms with Gasteiger partial charge in [0.2, 0.25) is 0 Å². The van der Waals surface area contributed by atoms with Crippen LogP contribution in [0.4, 0.5) is 0 Å². The van der Waals surface area contributed by atoms with Crippen LogP contribution in [-0.4, -0.2) is 17.0 Å². The Balaban J connectivity index is 2.36. The minimum atomic E-state index is -0.987. The van der Waals surface area contributed by atoms with E-state index in [1.807, 2.05) is 25.1 Å². The van der Waals surface area contributed by atoms with Crippen LogP contribution in [0.5, 0.6) is 0 Å². The smallest absolute Gasteiger partial charge is 0.311 e. The van der Waals surface area contributed by atoms with Gasteiger partial charge in [-0.25, -0.2) is 0 Å². The lowest BCUT2D eigenvalue weighted by atomic mass is 9.93. The van der Waals surface area contributed by atoms with E-state index in [4.69, 9.17) is 9.84 Å². The Morgan fingerprint density at radius 2 is 2.12 bits per heavy atom. The van der Waals surface area contributed by atoms with Crippen LogP contribution in [0, 0.1) is 12.8 Å². The molecule has 4 nitrogen and oxygen atoms in total. The van der Waals surface area contributed by atoms with Gasteiger partial charge in [0.1, 0.15) is 12.0 Å². The zero-order valence-electron chi connectivity index (χ0n) is 8.84. The molecule has 1 saturated heterocycles. The highest BCUT2D eigenvalue weighted by Gasteiger charge is 2.41. The molecule has 1 N–H and O–H groups in total. The number of aryl methyl sites for hydroxylation is 1. The normalized spacial score (nSPS) is 24.2. The van der Waals surface area contributed by atoms with Crippen LogP contribution in [0.1, 0.15) is 23.7 Å². The molecule has 0 radical (unpaired) electrons. The van der Waals surface area contributed by atoms with E-state index in [2.05, 4.69) is 0 Å². The van der Waals surface area contributed by atoms with Crippen molar-refractivity contribution in [3.63, 3.8) is 0 Å². The molecule has 1 aliphatic rings. The third-order valence-electron chi connectivity index (χ3n) is 2.82. The standard InChI is InChI=1S/C12H12O4/c1-7-4-2-3-5-8(7)11-9(12(14)15)6-10(13)16-11/h2-5,9,11H,6H2,1H3,(H,14,15). The number of hydrogen-bond acceptors (Lipinski definition) is 3. The van der Waals surface area contributed by atoms with Crippen LogP contribution >= 0.6 is 0 Å². The molecule has 0 amide bonds. The highest BCUT2D eigenvalue weighted by molar-refractivity contribution is 5.82. The Morgan fingerprint density at radius 3 is 2.75 bits per heavy atom. The van der Waals surface area contributed by atoms with Crippen LogP contribution in [0.3, 0.4) is 0 Å². The Labute approximate surface area is 92.8 Å². The largest absolute Gasteiger partial charge is 0.481 e. The maximum Gasteiger partial charge on any atom is 0.311 e. The van der Waals surface area contributed by atoms with Crippen molar-refractivity contribution in [3.05, 3.63) is 35.4 Å². The highest BCUT2D eigenvalue weighted by Crippen LogP contribution is 2.36. The highest BCUT2D eigenvalue weighted by atomic mass is 16.6. The van der Waals surface area contributed by atoms with Crippen LogP contribution in [-0.2, 0) is 14.3 Å². The predicted octanol–water partition coefficient (Wildman–Crippen LogP) is 1.68. The molecule has 0 aromatic heterocycles. The van der Waals surface area contributed by atoms with Crippen LogP contribution in [0.2, 0.25) is 0 Å². The van der Waals surface area contributed by atoms with E-state index in [1.165, 1.54) is 0 Å². The second-order valence-electron chi connectivity index (χ2n) is 3.92. The van der Waals surface area contributed by atoms with Crippen LogP contribution in [0.15, 0.2) is 24.3 Å². The summed E-state index contributed by atoms with van der Waals surface area (Å²) in [5, 5.41) is 9.02. The second-order valence-corrected chi connectivity index (χ2v) is 3.92. The molecular formula is C12H12O4. The number of benzene rings is 1. The fourth-order valence-corrected chi connectivity index (χ4v) is 1.96. The van der Waals surface area contributed by atoms with Gasteiger partial charge in [-0.1, -0.05) is 24.3 Å². The average Bonchev–Trinajstić information content (AvgIpc) is 2.61. The van der Waals surface area contributed by atoms with Gasteiger partial charge in [0, 0.05) is 0 Å². The van der Waals surface area contributed by atoms with Gasteiger partial charge in [0.05, 0.1) is 6.42 Å². The number of aliphatic carboxylic acids is 1. The van der Waals surface area contributed by atoms with Gasteiger partial charge in [-0.05, 0) is 18.1 Å². The van der Waals surface area contributed by atoms with Crippen molar-refractivity contribution < 1.29 is 19.4 Å². The quantitative estimate of drug-likeness (QED) is 0.770. The number of cyclic esters (lactones) is 1. The lowest BCUT2D eigenvalue weighted by molar-refractivity contribution is -0.144. The van der Waals surface area contributed by atoms with Crippen LogP contribution in [0.25, 0.3) is 0 Å². The number of hydrogen-bond donors (Lipinski definition) is 1. The maximum absolute atomic E-state index is 11.2. The third-order valence-corrected chi connectivity index (χ3v) is 2.82. The van der Waals surface area contributed by atoms with Gasteiger partial charge in [-0.3, -0.25) is 9.59 Å². The van der Waals surface area contributed by atoms with Crippen molar-refractivity contribution >= 4 is 11.9 Å². The first-order valence-electron chi connectivity index (χ1n) is 5.07. The van der Waals surface area contributed by atoms with Gasteiger partial charge in [-0.15, -0.1) is 0 Å². The summed E-state index contributed by atoms with van der Waals surface area (Å²) < 4.78 is 5.08. The lowest BCUT2D eigenvalue weighted by Gasteiger charge is -2.16. The van der Waals surface area contributed by atoms with Gasteiger partial charge < -0.3 is 9.84 Å². The Morgan fingerprint density at radius 1 is 1.44 bits per heavy atom. The van der Waals surface area contributed by atoms with Gasteiger partial charge in [-0.2, -0.15) is 0 Å². The Hall–Kier alpha value is -1.84. The van der Waals surface area contributed by atoms with E-state index in [0.717, 1.165) is 11.1 Å². The maximum atomic E-state index is 11.2. The number of carbonyl (C=O) groups is 2. The van der Waals surface area contributed by atoms with Gasteiger partial charge >= 0.3 is 11.9 Å². The molecule has 1 fully saturated rings. The summed E-state index contributed by atoms with van der Waals surface area (Å²) in [7, 11) is 0.